The van der Waals surface area contributed by atoms with Gasteiger partial charge >= 0.3 is 0 Å². The van der Waals surface area contributed by atoms with Gasteiger partial charge in [0, 0.05) is 24.7 Å². The molecular formula is C18H16ClN3O4. The van der Waals surface area contributed by atoms with Crippen LogP contribution in [0.5, 0.6) is 0 Å². The molecular weight excluding hydrogens is 358 g/mol. The number of carbonyl (C=O) groups is 2. The third-order valence-electron chi connectivity index (χ3n) is 4.29. The van der Waals surface area contributed by atoms with E-state index in [0.717, 1.165) is 18.1 Å². The molecule has 0 saturated heterocycles. The Balaban J connectivity index is 1.61. The van der Waals surface area contributed by atoms with E-state index >= 15 is 0 Å². The Morgan fingerprint density at radius 1 is 1.19 bits per heavy atom. The zero-order valence-corrected chi connectivity index (χ0v) is 14.5. The number of nitro groups is 1. The lowest BCUT2D eigenvalue weighted by Gasteiger charge is -2.29. The summed E-state index contributed by atoms with van der Waals surface area (Å²) in [5, 5.41) is 13.4. The molecule has 2 aromatic carbocycles. The number of hydrogen-bond acceptors (Lipinski definition) is 4. The van der Waals surface area contributed by atoms with E-state index in [1.54, 1.807) is 4.90 Å². The number of carbonyl (C=O) groups excluding carboxylic acids is 2. The number of benzene rings is 2. The van der Waals surface area contributed by atoms with Crippen molar-refractivity contribution in [2.75, 3.05) is 13.1 Å². The van der Waals surface area contributed by atoms with Crippen LogP contribution in [0.15, 0.2) is 42.5 Å². The molecule has 1 aliphatic rings. The Bertz CT molecular complexity index is 884. The fourth-order valence-electron chi connectivity index (χ4n) is 2.87. The minimum absolute atomic E-state index is 0.0467. The second-order valence-corrected chi connectivity index (χ2v) is 6.35. The summed E-state index contributed by atoms with van der Waals surface area (Å²) in [5.41, 5.74) is 2.07. The quantitative estimate of drug-likeness (QED) is 0.658. The molecule has 0 aromatic heterocycles. The molecule has 134 valence electrons. The van der Waals surface area contributed by atoms with Gasteiger partial charge in [-0.05, 0) is 29.7 Å². The van der Waals surface area contributed by atoms with Gasteiger partial charge in [0.2, 0.25) is 5.91 Å². The van der Waals surface area contributed by atoms with Gasteiger partial charge in [-0.1, -0.05) is 35.9 Å². The molecule has 0 fully saturated rings. The zero-order valence-electron chi connectivity index (χ0n) is 13.8. The minimum atomic E-state index is -0.657. The summed E-state index contributed by atoms with van der Waals surface area (Å²) in [6.45, 7) is 0.937. The van der Waals surface area contributed by atoms with Crippen LogP contribution in [0, 0.1) is 10.1 Å². The molecule has 1 aliphatic heterocycles. The Morgan fingerprint density at radius 2 is 1.92 bits per heavy atom. The summed E-state index contributed by atoms with van der Waals surface area (Å²) in [6, 6.07) is 11.7. The highest BCUT2D eigenvalue weighted by Crippen LogP contribution is 2.25. The van der Waals surface area contributed by atoms with E-state index < -0.39 is 10.8 Å². The molecule has 0 spiro atoms. The molecule has 26 heavy (non-hydrogen) atoms. The van der Waals surface area contributed by atoms with E-state index in [1.807, 2.05) is 24.3 Å². The van der Waals surface area contributed by atoms with Crippen molar-refractivity contribution in [2.24, 2.45) is 0 Å². The van der Waals surface area contributed by atoms with Gasteiger partial charge in [-0.2, -0.15) is 0 Å². The van der Waals surface area contributed by atoms with E-state index in [0.29, 0.717) is 13.1 Å². The number of hydrogen-bond donors (Lipinski definition) is 1. The second kappa shape index (κ2) is 7.53. The summed E-state index contributed by atoms with van der Waals surface area (Å²) in [7, 11) is 0. The fraction of sp³-hybridized carbons (Fsp3) is 0.222. The molecule has 8 heteroatoms. The number of rotatable bonds is 4. The highest BCUT2D eigenvalue weighted by molar-refractivity contribution is 6.32. The number of nitrogens with zero attached hydrogens (tertiary/aromatic N) is 2. The molecule has 1 heterocycles. The van der Waals surface area contributed by atoms with Gasteiger partial charge in [0.15, 0.2) is 0 Å². The Morgan fingerprint density at radius 3 is 2.65 bits per heavy atom. The lowest BCUT2D eigenvalue weighted by atomic mass is 10.00. The SMILES string of the molecule is O=C(NCC(=O)N1CCc2ccccc2C1)c1ccc(Cl)c([N+](=O)[O-])c1. The number of fused-ring (bicyclic) bond motifs is 1. The molecule has 1 N–H and O–H groups in total. The van der Waals surface area contributed by atoms with E-state index in [4.69, 9.17) is 11.6 Å². The molecule has 0 radical (unpaired) electrons. The van der Waals surface area contributed by atoms with Gasteiger partial charge in [0.25, 0.3) is 11.6 Å². The maximum absolute atomic E-state index is 12.4. The topological polar surface area (TPSA) is 92.6 Å². The predicted molar refractivity (Wildman–Crippen MR) is 96.0 cm³/mol. The van der Waals surface area contributed by atoms with Gasteiger partial charge in [-0.15, -0.1) is 0 Å². The summed E-state index contributed by atoms with van der Waals surface area (Å²) >= 11 is 5.73. The molecule has 7 nitrogen and oxygen atoms in total. The van der Waals surface area contributed by atoms with E-state index in [-0.39, 0.29) is 28.7 Å². The Hall–Kier alpha value is -2.93. The van der Waals surface area contributed by atoms with Crippen LogP contribution in [0.3, 0.4) is 0 Å². The molecule has 0 aliphatic carbocycles. The van der Waals surface area contributed by atoms with Gasteiger partial charge < -0.3 is 10.2 Å². The predicted octanol–water partition coefficient (Wildman–Crippen LogP) is 2.56. The lowest BCUT2D eigenvalue weighted by Crippen LogP contribution is -2.42. The van der Waals surface area contributed by atoms with Crippen molar-refractivity contribution in [3.63, 3.8) is 0 Å². The number of nitrogens with one attached hydrogen (secondary N) is 1. The first kappa shape index (κ1) is 17.9. The standard InChI is InChI=1S/C18H16ClN3O4/c19-15-6-5-13(9-16(15)22(25)26)18(24)20-10-17(23)21-8-7-12-3-1-2-4-14(12)11-21/h1-6,9H,7-8,10-11H2,(H,20,24). The van der Waals surface area contributed by atoms with Crippen LogP contribution < -0.4 is 5.32 Å². The van der Waals surface area contributed by atoms with Crippen LogP contribution in [0.4, 0.5) is 5.69 Å². The van der Waals surface area contributed by atoms with Crippen LogP contribution in [0.25, 0.3) is 0 Å². The lowest BCUT2D eigenvalue weighted by molar-refractivity contribution is -0.384. The first-order chi connectivity index (χ1) is 12.5. The smallest absolute Gasteiger partial charge is 0.288 e. The normalized spacial score (nSPS) is 13.0. The van der Waals surface area contributed by atoms with E-state index in [9.17, 15) is 19.7 Å². The first-order valence-electron chi connectivity index (χ1n) is 8.02. The number of amides is 2. The first-order valence-corrected chi connectivity index (χ1v) is 8.40. The molecule has 2 aromatic rings. The van der Waals surface area contributed by atoms with Crippen molar-refractivity contribution < 1.29 is 14.5 Å². The van der Waals surface area contributed by atoms with Gasteiger partial charge in [0.05, 0.1) is 11.5 Å². The van der Waals surface area contributed by atoms with Gasteiger partial charge in [0.1, 0.15) is 5.02 Å². The van der Waals surface area contributed by atoms with Crippen LogP contribution in [0.2, 0.25) is 5.02 Å². The third-order valence-corrected chi connectivity index (χ3v) is 4.61. The highest BCUT2D eigenvalue weighted by atomic mass is 35.5. The largest absolute Gasteiger partial charge is 0.343 e. The van der Waals surface area contributed by atoms with Crippen molar-refractivity contribution in [2.45, 2.75) is 13.0 Å². The van der Waals surface area contributed by atoms with Gasteiger partial charge in [-0.25, -0.2) is 0 Å². The summed E-state index contributed by atoms with van der Waals surface area (Å²) < 4.78 is 0. The third kappa shape index (κ3) is 3.83. The highest BCUT2D eigenvalue weighted by Gasteiger charge is 2.21. The number of halogens is 1. The van der Waals surface area contributed by atoms with Crippen molar-refractivity contribution in [1.82, 2.24) is 10.2 Å². The van der Waals surface area contributed by atoms with Crippen LogP contribution in [0.1, 0.15) is 21.5 Å². The van der Waals surface area contributed by atoms with Crippen LogP contribution >= 0.6 is 11.6 Å². The van der Waals surface area contributed by atoms with E-state index in [2.05, 4.69) is 5.32 Å². The Kier molecular flexibility index (Phi) is 5.18. The molecule has 0 atom stereocenters. The second-order valence-electron chi connectivity index (χ2n) is 5.94. The summed E-state index contributed by atoms with van der Waals surface area (Å²) in [5.74, 6) is -0.758. The van der Waals surface area contributed by atoms with Crippen LogP contribution in [-0.2, 0) is 17.8 Å². The van der Waals surface area contributed by atoms with Crippen molar-refractivity contribution >= 4 is 29.1 Å². The van der Waals surface area contributed by atoms with Crippen molar-refractivity contribution in [3.05, 3.63) is 74.3 Å². The molecule has 0 saturated carbocycles. The molecule has 2 amide bonds. The average molecular weight is 374 g/mol. The average Bonchev–Trinajstić information content (AvgIpc) is 2.65. The fourth-order valence-corrected chi connectivity index (χ4v) is 3.06. The molecule has 0 unspecified atom stereocenters. The van der Waals surface area contributed by atoms with Crippen molar-refractivity contribution in [1.29, 1.82) is 0 Å². The molecule has 0 bridgehead atoms. The van der Waals surface area contributed by atoms with Crippen molar-refractivity contribution in [3.8, 4) is 0 Å². The maximum atomic E-state index is 12.4. The minimum Gasteiger partial charge on any atom is -0.343 e. The maximum Gasteiger partial charge on any atom is 0.288 e. The zero-order chi connectivity index (χ0) is 18.7. The van der Waals surface area contributed by atoms with Gasteiger partial charge in [-0.3, -0.25) is 19.7 Å². The summed E-state index contributed by atoms with van der Waals surface area (Å²) in [4.78, 5) is 36.5. The monoisotopic (exact) mass is 373 g/mol. The van der Waals surface area contributed by atoms with E-state index in [1.165, 1.54) is 17.7 Å². The van der Waals surface area contributed by atoms with Crippen LogP contribution in [-0.4, -0.2) is 34.7 Å². The Labute approximate surface area is 154 Å². The molecule has 3 rings (SSSR count). The summed E-state index contributed by atoms with van der Waals surface area (Å²) in [6.07, 6.45) is 0.777. The number of nitro benzene ring substituents is 1.